The standard InChI is InChI=1S/C16H15N3O3S/c1-2-9-17-16(23)19-18-11-12-5-7-13(8-6-12)22-15(20)14-4-3-10-21-14/h2-8,10-11H,1,9H2,(H2,17,19,23)/b18-11+. The lowest BCUT2D eigenvalue weighted by Crippen LogP contribution is -2.31. The Labute approximate surface area is 138 Å². The van der Waals surface area contributed by atoms with Gasteiger partial charge in [-0.05, 0) is 54.2 Å². The molecule has 0 aliphatic carbocycles. The molecule has 0 aliphatic rings. The summed E-state index contributed by atoms with van der Waals surface area (Å²) in [6.07, 6.45) is 4.71. The van der Waals surface area contributed by atoms with E-state index in [2.05, 4.69) is 22.4 Å². The summed E-state index contributed by atoms with van der Waals surface area (Å²) in [7, 11) is 0. The predicted octanol–water partition coefficient (Wildman–Crippen LogP) is 2.48. The van der Waals surface area contributed by atoms with E-state index in [-0.39, 0.29) is 5.76 Å². The monoisotopic (exact) mass is 329 g/mol. The molecule has 0 aliphatic heterocycles. The molecule has 0 spiro atoms. The summed E-state index contributed by atoms with van der Waals surface area (Å²) >= 11 is 4.99. The average molecular weight is 329 g/mol. The van der Waals surface area contributed by atoms with Crippen molar-refractivity contribution in [1.29, 1.82) is 0 Å². The molecule has 0 saturated heterocycles. The van der Waals surface area contributed by atoms with E-state index >= 15 is 0 Å². The van der Waals surface area contributed by atoms with Crippen molar-refractivity contribution in [2.75, 3.05) is 6.54 Å². The van der Waals surface area contributed by atoms with Gasteiger partial charge in [0.1, 0.15) is 5.75 Å². The van der Waals surface area contributed by atoms with Crippen molar-refractivity contribution in [3.05, 3.63) is 66.6 Å². The van der Waals surface area contributed by atoms with Gasteiger partial charge in [-0.3, -0.25) is 5.43 Å². The van der Waals surface area contributed by atoms with Gasteiger partial charge in [0.25, 0.3) is 0 Å². The second-order valence-corrected chi connectivity index (χ2v) is 4.71. The van der Waals surface area contributed by atoms with Crippen LogP contribution in [0.4, 0.5) is 0 Å². The van der Waals surface area contributed by atoms with E-state index in [1.165, 1.54) is 6.26 Å². The zero-order chi connectivity index (χ0) is 16.5. The van der Waals surface area contributed by atoms with Crippen LogP contribution in [0.1, 0.15) is 16.1 Å². The summed E-state index contributed by atoms with van der Waals surface area (Å²) in [5, 5.41) is 7.28. The van der Waals surface area contributed by atoms with E-state index in [0.717, 1.165) is 5.56 Å². The lowest BCUT2D eigenvalue weighted by atomic mass is 10.2. The van der Waals surface area contributed by atoms with E-state index in [4.69, 9.17) is 21.4 Å². The van der Waals surface area contributed by atoms with Crippen LogP contribution in [0, 0.1) is 0 Å². The maximum absolute atomic E-state index is 11.7. The molecule has 2 N–H and O–H groups in total. The number of carbonyl (C=O) groups is 1. The normalized spacial score (nSPS) is 10.3. The first-order chi connectivity index (χ1) is 11.2. The van der Waals surface area contributed by atoms with E-state index in [1.54, 1.807) is 48.7 Å². The SMILES string of the molecule is C=CCNC(=S)N/N=C/c1ccc(OC(=O)c2ccco2)cc1. The second kappa shape index (κ2) is 8.50. The van der Waals surface area contributed by atoms with Crippen molar-refractivity contribution in [3.63, 3.8) is 0 Å². The second-order valence-electron chi connectivity index (χ2n) is 4.30. The first kappa shape index (κ1) is 16.4. The molecule has 0 bridgehead atoms. The van der Waals surface area contributed by atoms with Crippen LogP contribution in [0.15, 0.2) is 64.8 Å². The van der Waals surface area contributed by atoms with Crippen LogP contribution >= 0.6 is 12.2 Å². The highest BCUT2D eigenvalue weighted by Gasteiger charge is 2.10. The van der Waals surface area contributed by atoms with Crippen molar-refractivity contribution in [2.45, 2.75) is 0 Å². The van der Waals surface area contributed by atoms with E-state index in [1.807, 2.05) is 0 Å². The molecule has 2 rings (SSSR count). The van der Waals surface area contributed by atoms with Crippen LogP contribution in [0.5, 0.6) is 5.75 Å². The van der Waals surface area contributed by atoms with Gasteiger partial charge in [-0.1, -0.05) is 6.08 Å². The number of nitrogens with one attached hydrogen (secondary N) is 2. The topological polar surface area (TPSA) is 75.9 Å². The van der Waals surface area contributed by atoms with Crippen LogP contribution in [-0.4, -0.2) is 23.8 Å². The molecule has 118 valence electrons. The Morgan fingerprint density at radius 2 is 2.13 bits per heavy atom. The summed E-state index contributed by atoms with van der Waals surface area (Å²) in [6, 6.07) is 10.0. The highest BCUT2D eigenvalue weighted by Crippen LogP contribution is 2.13. The third-order valence-corrected chi connectivity index (χ3v) is 2.84. The minimum Gasteiger partial charge on any atom is -0.457 e. The number of benzene rings is 1. The molecule has 0 unspecified atom stereocenters. The van der Waals surface area contributed by atoms with Crippen LogP contribution in [0.3, 0.4) is 0 Å². The Morgan fingerprint density at radius 1 is 1.35 bits per heavy atom. The number of hydrogen-bond donors (Lipinski definition) is 2. The molecule has 23 heavy (non-hydrogen) atoms. The summed E-state index contributed by atoms with van der Waals surface area (Å²) in [5.74, 6) is 0.0248. The molecule has 2 aromatic rings. The summed E-state index contributed by atoms with van der Waals surface area (Å²) < 4.78 is 10.1. The summed E-state index contributed by atoms with van der Waals surface area (Å²) in [4.78, 5) is 11.7. The van der Waals surface area contributed by atoms with Crippen molar-refractivity contribution in [1.82, 2.24) is 10.7 Å². The molecular weight excluding hydrogens is 314 g/mol. The minimum atomic E-state index is -0.545. The van der Waals surface area contributed by atoms with Gasteiger partial charge in [-0.2, -0.15) is 5.10 Å². The fourth-order valence-electron chi connectivity index (χ4n) is 1.54. The first-order valence-corrected chi connectivity index (χ1v) is 7.13. The highest BCUT2D eigenvalue weighted by atomic mass is 32.1. The van der Waals surface area contributed by atoms with Gasteiger partial charge in [-0.15, -0.1) is 6.58 Å². The average Bonchev–Trinajstić information content (AvgIpc) is 3.09. The highest BCUT2D eigenvalue weighted by molar-refractivity contribution is 7.80. The van der Waals surface area contributed by atoms with E-state index in [9.17, 15) is 4.79 Å². The van der Waals surface area contributed by atoms with Gasteiger partial charge in [-0.25, -0.2) is 4.79 Å². The number of ether oxygens (including phenoxy) is 1. The van der Waals surface area contributed by atoms with Crippen molar-refractivity contribution >= 4 is 29.5 Å². The predicted molar refractivity (Wildman–Crippen MR) is 91.6 cm³/mol. The smallest absolute Gasteiger partial charge is 0.379 e. The molecule has 1 aromatic heterocycles. The molecule has 6 nitrogen and oxygen atoms in total. The van der Waals surface area contributed by atoms with Crippen LogP contribution in [-0.2, 0) is 0 Å². The molecule has 1 heterocycles. The molecule has 0 saturated carbocycles. The molecular formula is C16H15N3O3S. The van der Waals surface area contributed by atoms with Crippen LogP contribution in [0.2, 0.25) is 0 Å². The quantitative estimate of drug-likeness (QED) is 0.212. The Kier molecular flexibility index (Phi) is 6.07. The third-order valence-electron chi connectivity index (χ3n) is 2.60. The summed E-state index contributed by atoms with van der Waals surface area (Å²) in [6.45, 7) is 4.14. The number of hydrogen-bond acceptors (Lipinski definition) is 5. The van der Waals surface area contributed by atoms with Gasteiger partial charge in [0.2, 0.25) is 5.76 Å². The number of furan rings is 1. The van der Waals surface area contributed by atoms with Gasteiger partial charge in [0.05, 0.1) is 12.5 Å². The lowest BCUT2D eigenvalue weighted by molar-refractivity contribution is 0.0701. The molecule has 0 fully saturated rings. The Hall–Kier alpha value is -2.93. The number of hydrazone groups is 1. The van der Waals surface area contributed by atoms with Crippen molar-refractivity contribution in [2.24, 2.45) is 5.10 Å². The van der Waals surface area contributed by atoms with E-state index in [0.29, 0.717) is 17.4 Å². The molecule has 1 aromatic carbocycles. The number of rotatable bonds is 6. The Morgan fingerprint density at radius 3 is 2.78 bits per heavy atom. The number of esters is 1. The lowest BCUT2D eigenvalue weighted by Gasteiger charge is -2.04. The van der Waals surface area contributed by atoms with E-state index < -0.39 is 5.97 Å². The number of thiocarbonyl (C=S) groups is 1. The molecule has 7 heteroatoms. The maximum atomic E-state index is 11.7. The van der Waals surface area contributed by atoms with Crippen molar-refractivity contribution in [3.8, 4) is 5.75 Å². The summed E-state index contributed by atoms with van der Waals surface area (Å²) in [5.41, 5.74) is 3.50. The van der Waals surface area contributed by atoms with Gasteiger partial charge in [0.15, 0.2) is 5.11 Å². The van der Waals surface area contributed by atoms with Gasteiger partial charge < -0.3 is 14.5 Å². The van der Waals surface area contributed by atoms with Gasteiger partial charge in [0, 0.05) is 6.54 Å². The maximum Gasteiger partial charge on any atom is 0.379 e. The number of carbonyl (C=O) groups excluding carboxylic acids is 1. The van der Waals surface area contributed by atoms with Crippen molar-refractivity contribution < 1.29 is 13.9 Å². The fraction of sp³-hybridized carbons (Fsp3) is 0.0625. The molecule has 0 atom stereocenters. The van der Waals surface area contributed by atoms with Crippen LogP contribution in [0.25, 0.3) is 0 Å². The fourth-order valence-corrected chi connectivity index (χ4v) is 1.68. The Balaban J connectivity index is 1.85. The van der Waals surface area contributed by atoms with Crippen LogP contribution < -0.4 is 15.5 Å². The zero-order valence-electron chi connectivity index (χ0n) is 12.2. The van der Waals surface area contributed by atoms with Gasteiger partial charge >= 0.3 is 5.97 Å². The number of nitrogens with zero attached hydrogens (tertiary/aromatic N) is 1. The zero-order valence-corrected chi connectivity index (χ0v) is 13.0. The molecule has 0 radical (unpaired) electrons. The third kappa shape index (κ3) is 5.40. The first-order valence-electron chi connectivity index (χ1n) is 6.72. The Bertz CT molecular complexity index is 694. The molecule has 0 amide bonds. The minimum absolute atomic E-state index is 0.153. The largest absolute Gasteiger partial charge is 0.457 e.